The molecular formula is C22H29NO3. The number of carbonyl (C=O) groups excluding carboxylic acids is 1. The lowest BCUT2D eigenvalue weighted by Gasteiger charge is -1.89. The first-order valence-electron chi connectivity index (χ1n) is 8.95. The van der Waals surface area contributed by atoms with E-state index in [1.165, 1.54) is 6.08 Å². The average Bonchev–Trinajstić information content (AvgIpc) is 2.63. The summed E-state index contributed by atoms with van der Waals surface area (Å²) >= 11 is 0. The van der Waals surface area contributed by atoms with Gasteiger partial charge >= 0.3 is 0 Å². The van der Waals surface area contributed by atoms with Gasteiger partial charge in [0.1, 0.15) is 6.29 Å². The normalized spacial score (nSPS) is 13.5. The molecule has 0 atom stereocenters. The van der Waals surface area contributed by atoms with Gasteiger partial charge in [-0.15, -0.1) is 0 Å². The van der Waals surface area contributed by atoms with Gasteiger partial charge in [-0.25, -0.2) is 0 Å². The number of allylic oxidation sites excluding steroid dienone is 13. The summed E-state index contributed by atoms with van der Waals surface area (Å²) in [5, 5.41) is 11.0. The van der Waals surface area contributed by atoms with Crippen molar-refractivity contribution in [3.8, 4) is 0 Å². The topological polar surface area (TPSA) is 60.2 Å². The highest BCUT2D eigenvalue weighted by Gasteiger charge is 2.02. The summed E-state index contributed by atoms with van der Waals surface area (Å²) in [6, 6.07) is 0. The molecule has 0 radical (unpaired) electrons. The maximum atomic E-state index is 11.0. The summed E-state index contributed by atoms with van der Waals surface area (Å²) in [4.78, 5) is 20.7. The highest BCUT2D eigenvalue weighted by Crippen LogP contribution is 2.02. The Morgan fingerprint density at radius 2 is 1.46 bits per heavy atom. The van der Waals surface area contributed by atoms with Gasteiger partial charge in [-0.05, 0) is 38.2 Å². The largest absolute Gasteiger partial charge is 0.303 e. The van der Waals surface area contributed by atoms with Gasteiger partial charge in [-0.2, -0.15) is 0 Å². The van der Waals surface area contributed by atoms with Crippen LogP contribution in [0.25, 0.3) is 0 Å². The first-order valence-corrected chi connectivity index (χ1v) is 8.95. The first-order chi connectivity index (χ1) is 12.7. The number of aldehydes is 1. The summed E-state index contributed by atoms with van der Waals surface area (Å²) < 4.78 is 0. The van der Waals surface area contributed by atoms with E-state index in [1.807, 2.05) is 30.4 Å². The summed E-state index contributed by atoms with van der Waals surface area (Å²) in [6.45, 7) is 2.11. The van der Waals surface area contributed by atoms with Crippen LogP contribution in [0.1, 0.15) is 45.4 Å². The molecule has 140 valence electrons. The van der Waals surface area contributed by atoms with Gasteiger partial charge in [0.05, 0.1) is 4.92 Å². The van der Waals surface area contributed by atoms with E-state index in [9.17, 15) is 14.9 Å². The molecule has 0 aromatic carbocycles. The molecule has 0 rings (SSSR count). The van der Waals surface area contributed by atoms with Crippen molar-refractivity contribution in [3.05, 3.63) is 94.8 Å². The minimum Gasteiger partial charge on any atom is -0.303 e. The van der Waals surface area contributed by atoms with Gasteiger partial charge in [-0.1, -0.05) is 73.8 Å². The van der Waals surface area contributed by atoms with Crippen LogP contribution < -0.4 is 0 Å². The fourth-order valence-electron chi connectivity index (χ4n) is 1.82. The van der Waals surface area contributed by atoms with Crippen molar-refractivity contribution in [3.63, 3.8) is 0 Å². The predicted octanol–water partition coefficient (Wildman–Crippen LogP) is 6.04. The van der Waals surface area contributed by atoms with E-state index in [1.54, 1.807) is 18.2 Å². The number of carbonyl (C=O) groups is 1. The monoisotopic (exact) mass is 355 g/mol. The van der Waals surface area contributed by atoms with Crippen LogP contribution in [-0.4, -0.2) is 11.2 Å². The third kappa shape index (κ3) is 16.1. The summed E-state index contributed by atoms with van der Waals surface area (Å²) in [5.74, 6) is 0. The summed E-state index contributed by atoms with van der Waals surface area (Å²) in [7, 11) is 0. The molecule has 0 aromatic heterocycles. The predicted molar refractivity (Wildman–Crippen MR) is 109 cm³/mol. The SMILES string of the molecule is CC/C=C/C/C=C/C/C=C/C=C/C=C/C(=C/C/C=C/CCC=O)[N+](=O)[O-]. The molecule has 0 aliphatic carbocycles. The lowest BCUT2D eigenvalue weighted by molar-refractivity contribution is -0.419. The zero-order chi connectivity index (χ0) is 19.3. The average molecular weight is 355 g/mol. The second-order valence-corrected chi connectivity index (χ2v) is 5.33. The molecule has 4 heteroatoms. The molecular weight excluding hydrogens is 326 g/mol. The Balaban J connectivity index is 4.22. The first kappa shape index (κ1) is 23.2. The standard InChI is InChI=1S/C22H29NO3/c1-2-3-4-5-6-7-8-9-10-11-13-16-19-22(23(25)26)20-17-14-12-15-18-21-24/h3-4,6-7,9-14,16,19-21H,2,5,8,15,17-18H2,1H3/b4-3+,7-6+,10-9+,13-11+,14-12+,19-16+,22-20-. The molecule has 0 N–H and O–H groups in total. The van der Waals surface area contributed by atoms with Crippen molar-refractivity contribution in [2.75, 3.05) is 0 Å². The van der Waals surface area contributed by atoms with Gasteiger partial charge in [0, 0.05) is 12.5 Å². The van der Waals surface area contributed by atoms with E-state index in [-0.39, 0.29) is 5.70 Å². The molecule has 0 heterocycles. The zero-order valence-corrected chi connectivity index (χ0v) is 15.5. The van der Waals surface area contributed by atoms with E-state index < -0.39 is 4.92 Å². The Morgan fingerprint density at radius 1 is 0.808 bits per heavy atom. The van der Waals surface area contributed by atoms with Gasteiger partial charge < -0.3 is 4.79 Å². The van der Waals surface area contributed by atoms with Crippen LogP contribution in [-0.2, 0) is 4.79 Å². The van der Waals surface area contributed by atoms with Crippen LogP contribution in [0.5, 0.6) is 0 Å². The molecule has 0 saturated carbocycles. The molecule has 0 unspecified atom stereocenters. The van der Waals surface area contributed by atoms with E-state index in [0.717, 1.165) is 25.5 Å². The number of nitro groups is 1. The Labute approximate surface area is 156 Å². The second kappa shape index (κ2) is 18.6. The highest BCUT2D eigenvalue weighted by atomic mass is 16.6. The molecule has 0 saturated heterocycles. The quantitative estimate of drug-likeness (QED) is 0.0952. The van der Waals surface area contributed by atoms with Crippen molar-refractivity contribution in [2.24, 2.45) is 0 Å². The zero-order valence-electron chi connectivity index (χ0n) is 15.5. The number of rotatable bonds is 14. The van der Waals surface area contributed by atoms with Crippen LogP contribution in [0.2, 0.25) is 0 Å². The lowest BCUT2D eigenvalue weighted by atomic mass is 10.2. The van der Waals surface area contributed by atoms with Crippen LogP contribution in [0.4, 0.5) is 0 Å². The van der Waals surface area contributed by atoms with Crippen LogP contribution in [0.15, 0.2) is 84.7 Å². The number of nitrogens with zero attached hydrogens (tertiary/aromatic N) is 1. The van der Waals surface area contributed by atoms with E-state index in [2.05, 4.69) is 31.2 Å². The number of hydrogen-bond acceptors (Lipinski definition) is 3. The van der Waals surface area contributed by atoms with Crippen molar-refractivity contribution >= 4 is 6.29 Å². The fraction of sp³-hybridized carbons (Fsp3) is 0.318. The molecule has 0 fully saturated rings. The summed E-state index contributed by atoms with van der Waals surface area (Å²) in [6.07, 6.45) is 29.8. The van der Waals surface area contributed by atoms with E-state index in [0.29, 0.717) is 19.3 Å². The maximum Gasteiger partial charge on any atom is 0.265 e. The van der Waals surface area contributed by atoms with Crippen LogP contribution in [0, 0.1) is 10.1 Å². The van der Waals surface area contributed by atoms with E-state index >= 15 is 0 Å². The number of hydrogen-bond donors (Lipinski definition) is 0. The molecule has 0 amide bonds. The van der Waals surface area contributed by atoms with Crippen LogP contribution in [0.3, 0.4) is 0 Å². The van der Waals surface area contributed by atoms with Crippen molar-refractivity contribution in [2.45, 2.75) is 45.4 Å². The molecule has 0 aromatic rings. The van der Waals surface area contributed by atoms with E-state index in [4.69, 9.17) is 0 Å². The maximum absolute atomic E-state index is 11.0. The van der Waals surface area contributed by atoms with Crippen molar-refractivity contribution in [1.29, 1.82) is 0 Å². The van der Waals surface area contributed by atoms with Gasteiger partial charge in [-0.3, -0.25) is 10.1 Å². The molecule has 0 bridgehead atoms. The Hall–Kier alpha value is -2.75. The van der Waals surface area contributed by atoms with Gasteiger partial charge in [0.2, 0.25) is 0 Å². The van der Waals surface area contributed by atoms with Gasteiger partial charge in [0.25, 0.3) is 5.70 Å². The summed E-state index contributed by atoms with van der Waals surface area (Å²) in [5.41, 5.74) is 0.0572. The highest BCUT2D eigenvalue weighted by molar-refractivity contribution is 5.49. The van der Waals surface area contributed by atoms with Gasteiger partial charge in [0.15, 0.2) is 0 Å². The minimum absolute atomic E-state index is 0.0572. The minimum atomic E-state index is -0.406. The molecule has 26 heavy (non-hydrogen) atoms. The smallest absolute Gasteiger partial charge is 0.265 e. The van der Waals surface area contributed by atoms with Crippen LogP contribution >= 0.6 is 0 Å². The molecule has 0 aliphatic heterocycles. The number of unbranched alkanes of at least 4 members (excludes halogenated alkanes) is 1. The second-order valence-electron chi connectivity index (χ2n) is 5.33. The third-order valence-electron chi connectivity index (χ3n) is 3.14. The lowest BCUT2D eigenvalue weighted by Crippen LogP contribution is -1.94. The Kier molecular flexibility index (Phi) is 16.6. The fourth-order valence-corrected chi connectivity index (χ4v) is 1.82. The molecule has 4 nitrogen and oxygen atoms in total. The Morgan fingerprint density at radius 3 is 2.15 bits per heavy atom. The molecule has 0 aliphatic rings. The molecule has 0 spiro atoms. The third-order valence-corrected chi connectivity index (χ3v) is 3.14. The Bertz CT molecular complexity index is 591. The van der Waals surface area contributed by atoms with Crippen molar-refractivity contribution < 1.29 is 9.72 Å². The van der Waals surface area contributed by atoms with Crippen molar-refractivity contribution in [1.82, 2.24) is 0 Å².